The number of nitrogens with one attached hydrogen (secondary N) is 1. The van der Waals surface area contributed by atoms with Crippen LogP contribution in [0, 0.1) is 6.92 Å². The molecule has 150 valence electrons. The molecule has 0 saturated carbocycles. The fraction of sp³-hybridized carbons (Fsp3) is 0.684. The Morgan fingerprint density at radius 1 is 0.923 bits per heavy atom. The van der Waals surface area contributed by atoms with Gasteiger partial charge in [-0.15, -0.1) is 0 Å². The lowest BCUT2D eigenvalue weighted by Crippen LogP contribution is -2.33. The van der Waals surface area contributed by atoms with Crippen LogP contribution in [0.2, 0.25) is 0 Å². The summed E-state index contributed by atoms with van der Waals surface area (Å²) in [5.41, 5.74) is 0.229. The number of hydrogen-bond acceptors (Lipinski definition) is 6. The summed E-state index contributed by atoms with van der Waals surface area (Å²) < 4.78 is 41.1. The molecule has 0 unspecified atom stereocenters. The van der Waals surface area contributed by atoms with Crippen molar-refractivity contribution >= 4 is 10.1 Å². The van der Waals surface area contributed by atoms with E-state index in [-0.39, 0.29) is 17.1 Å². The highest BCUT2D eigenvalue weighted by molar-refractivity contribution is 7.86. The first-order chi connectivity index (χ1) is 12.0. The normalized spacial score (nSPS) is 13.2. The van der Waals surface area contributed by atoms with Gasteiger partial charge in [-0.1, -0.05) is 17.7 Å². The van der Waals surface area contributed by atoms with E-state index in [1.807, 2.05) is 41.7 Å². The Bertz CT molecular complexity index is 638. The monoisotopic (exact) mass is 387 g/mol. The summed E-state index contributed by atoms with van der Waals surface area (Å²) >= 11 is 0. The lowest BCUT2D eigenvalue weighted by molar-refractivity contribution is -0.0794. The highest BCUT2D eigenvalue weighted by Gasteiger charge is 2.24. The highest BCUT2D eigenvalue weighted by Crippen LogP contribution is 2.21. The predicted molar refractivity (Wildman–Crippen MR) is 103 cm³/mol. The Balaban J connectivity index is 2.41. The maximum absolute atomic E-state index is 12.2. The van der Waals surface area contributed by atoms with E-state index in [9.17, 15) is 8.42 Å². The van der Waals surface area contributed by atoms with Gasteiger partial charge in [-0.2, -0.15) is 8.42 Å². The minimum atomic E-state index is -3.74. The molecule has 0 aliphatic heterocycles. The van der Waals surface area contributed by atoms with Gasteiger partial charge >= 0.3 is 0 Å². The van der Waals surface area contributed by atoms with E-state index >= 15 is 0 Å². The zero-order valence-electron chi connectivity index (χ0n) is 16.8. The highest BCUT2D eigenvalue weighted by atomic mass is 32.2. The van der Waals surface area contributed by atoms with Gasteiger partial charge in [0.1, 0.15) is 0 Å². The van der Waals surface area contributed by atoms with Crippen molar-refractivity contribution in [3.63, 3.8) is 0 Å². The zero-order chi connectivity index (χ0) is 19.8. The van der Waals surface area contributed by atoms with Crippen molar-refractivity contribution in [1.29, 1.82) is 0 Å². The van der Waals surface area contributed by atoms with Crippen LogP contribution in [-0.2, 0) is 23.8 Å². The fourth-order valence-electron chi connectivity index (χ4n) is 2.16. The van der Waals surface area contributed by atoms with Crippen LogP contribution in [0.3, 0.4) is 0 Å². The van der Waals surface area contributed by atoms with Crippen LogP contribution in [0.4, 0.5) is 0 Å². The molecule has 0 aliphatic rings. The summed E-state index contributed by atoms with van der Waals surface area (Å²) in [6.45, 7) is 10.9. The Morgan fingerprint density at radius 2 is 1.46 bits per heavy atom. The van der Waals surface area contributed by atoms with E-state index < -0.39 is 15.7 Å². The van der Waals surface area contributed by atoms with Crippen LogP contribution in [0.1, 0.15) is 46.1 Å². The first kappa shape index (κ1) is 23.0. The van der Waals surface area contributed by atoms with Crippen molar-refractivity contribution in [2.24, 2.45) is 0 Å². The standard InChI is InChI=1S/C19H33NO5S/c1-16-7-9-17(10-8-16)26(21,22)25-14-12-18(2,3)23-13-11-19(4,5)24-15-20-6/h7-10,20H,11-15H2,1-6H3. The summed E-state index contributed by atoms with van der Waals surface area (Å²) in [7, 11) is -1.90. The molecule has 0 aliphatic carbocycles. The van der Waals surface area contributed by atoms with Crippen molar-refractivity contribution in [2.45, 2.75) is 63.6 Å². The van der Waals surface area contributed by atoms with Gasteiger partial charge in [0.2, 0.25) is 0 Å². The third kappa shape index (κ3) is 8.60. The number of ether oxygens (including phenoxy) is 2. The van der Waals surface area contributed by atoms with E-state index in [2.05, 4.69) is 5.32 Å². The van der Waals surface area contributed by atoms with Crippen LogP contribution in [0.5, 0.6) is 0 Å². The van der Waals surface area contributed by atoms with E-state index in [0.717, 1.165) is 12.0 Å². The molecule has 0 spiro atoms. The van der Waals surface area contributed by atoms with Gasteiger partial charge in [0, 0.05) is 6.42 Å². The average molecular weight is 388 g/mol. The van der Waals surface area contributed by atoms with Crippen molar-refractivity contribution in [3.8, 4) is 0 Å². The second kappa shape index (κ2) is 9.80. The van der Waals surface area contributed by atoms with Crippen molar-refractivity contribution < 1.29 is 22.1 Å². The number of benzene rings is 1. The molecule has 0 atom stereocenters. The molecule has 0 heterocycles. The Morgan fingerprint density at radius 3 is 2.04 bits per heavy atom. The minimum Gasteiger partial charge on any atom is -0.375 e. The van der Waals surface area contributed by atoms with Crippen molar-refractivity contribution in [1.82, 2.24) is 5.32 Å². The van der Waals surface area contributed by atoms with E-state index in [0.29, 0.717) is 19.8 Å². The molecule has 0 fully saturated rings. The maximum Gasteiger partial charge on any atom is 0.296 e. The van der Waals surface area contributed by atoms with Gasteiger partial charge in [-0.25, -0.2) is 0 Å². The first-order valence-corrected chi connectivity index (χ1v) is 10.3. The first-order valence-electron chi connectivity index (χ1n) is 8.86. The summed E-state index contributed by atoms with van der Waals surface area (Å²) in [6, 6.07) is 6.61. The van der Waals surface area contributed by atoms with Crippen LogP contribution >= 0.6 is 0 Å². The molecule has 26 heavy (non-hydrogen) atoms. The smallest absolute Gasteiger partial charge is 0.296 e. The Hall–Kier alpha value is -0.990. The second-order valence-corrected chi connectivity index (χ2v) is 9.21. The summed E-state index contributed by atoms with van der Waals surface area (Å²) in [5.74, 6) is 0. The van der Waals surface area contributed by atoms with Gasteiger partial charge in [-0.05, 0) is 60.2 Å². The molecule has 0 radical (unpaired) electrons. The number of hydrogen-bond donors (Lipinski definition) is 1. The molecule has 7 heteroatoms. The molecule has 1 aromatic carbocycles. The van der Waals surface area contributed by atoms with Gasteiger partial charge in [0.25, 0.3) is 10.1 Å². The van der Waals surface area contributed by atoms with Crippen LogP contribution in [-0.4, -0.2) is 46.6 Å². The minimum absolute atomic E-state index is 0.0723. The molecule has 6 nitrogen and oxygen atoms in total. The second-order valence-electron chi connectivity index (χ2n) is 7.60. The third-order valence-corrected chi connectivity index (χ3v) is 5.38. The van der Waals surface area contributed by atoms with Crippen molar-refractivity contribution in [3.05, 3.63) is 29.8 Å². The SMILES string of the molecule is CNCOC(C)(C)CCOC(C)(C)CCOS(=O)(=O)c1ccc(C)cc1. The lowest BCUT2D eigenvalue weighted by Gasteiger charge is -2.29. The molecule has 0 aromatic heterocycles. The van der Waals surface area contributed by atoms with Crippen molar-refractivity contribution in [2.75, 3.05) is 27.0 Å². The Labute approximate surface area is 158 Å². The third-order valence-electron chi connectivity index (χ3n) is 4.06. The summed E-state index contributed by atoms with van der Waals surface area (Å²) in [5, 5.41) is 2.95. The van der Waals surface area contributed by atoms with E-state index in [1.165, 1.54) is 0 Å². The molecule has 0 amide bonds. The zero-order valence-corrected chi connectivity index (χ0v) is 17.6. The van der Waals surface area contributed by atoms with Gasteiger partial charge in [0.05, 0.1) is 36.0 Å². The predicted octanol–water partition coefficient (Wildman–Crippen LogP) is 3.25. The van der Waals surface area contributed by atoms with Gasteiger partial charge < -0.3 is 9.47 Å². The number of rotatable bonds is 12. The molecular weight excluding hydrogens is 354 g/mol. The quantitative estimate of drug-likeness (QED) is 0.438. The average Bonchev–Trinajstić information content (AvgIpc) is 2.52. The van der Waals surface area contributed by atoms with Crippen LogP contribution < -0.4 is 5.32 Å². The number of aryl methyl sites for hydroxylation is 1. The molecule has 0 saturated heterocycles. The van der Waals surface area contributed by atoms with Crippen LogP contribution in [0.15, 0.2) is 29.2 Å². The van der Waals surface area contributed by atoms with Crippen LogP contribution in [0.25, 0.3) is 0 Å². The topological polar surface area (TPSA) is 73.9 Å². The molecule has 1 N–H and O–H groups in total. The molecule has 1 aromatic rings. The van der Waals surface area contributed by atoms with E-state index in [1.54, 1.807) is 24.3 Å². The molecular formula is C19H33NO5S. The lowest BCUT2D eigenvalue weighted by atomic mass is 10.0. The maximum atomic E-state index is 12.2. The van der Waals surface area contributed by atoms with Gasteiger partial charge in [-0.3, -0.25) is 9.50 Å². The molecule has 0 bridgehead atoms. The summed E-state index contributed by atoms with van der Waals surface area (Å²) in [6.07, 6.45) is 1.20. The largest absolute Gasteiger partial charge is 0.375 e. The molecule has 1 rings (SSSR count). The van der Waals surface area contributed by atoms with E-state index in [4.69, 9.17) is 13.7 Å². The fourth-order valence-corrected chi connectivity index (χ4v) is 3.06. The Kier molecular flexibility index (Phi) is 8.69. The van der Waals surface area contributed by atoms with Gasteiger partial charge in [0.15, 0.2) is 0 Å². The summed E-state index contributed by atoms with van der Waals surface area (Å²) in [4.78, 5) is 0.172.